The summed E-state index contributed by atoms with van der Waals surface area (Å²) in [5.41, 5.74) is -1.90. The lowest BCUT2D eigenvalue weighted by atomic mass is 10.0. The number of hydrogen-bond donors (Lipinski definition) is 0. The van der Waals surface area contributed by atoms with E-state index in [2.05, 4.69) is 15.9 Å². The molecule has 0 aliphatic heterocycles. The van der Waals surface area contributed by atoms with Crippen LogP contribution in [0.5, 0.6) is 0 Å². The minimum Gasteiger partial charge on any atom is -0.415 e. The van der Waals surface area contributed by atoms with E-state index in [0.29, 0.717) is 5.39 Å². The van der Waals surface area contributed by atoms with Gasteiger partial charge < -0.3 is 4.74 Å². The number of benzene rings is 1. The lowest BCUT2D eigenvalue weighted by molar-refractivity contribution is -0.138. The molecule has 0 amide bonds. The molecule has 1 aromatic heterocycles. The number of fused-ring (bicyclic) bond motifs is 1. The molecule has 23 heavy (non-hydrogen) atoms. The number of hydrogen-bond acceptors (Lipinski definition) is 3. The molecule has 4 nitrogen and oxygen atoms in total. The molecular weight excluding hydrogens is 379 g/mol. The molecule has 122 valence electrons. The van der Waals surface area contributed by atoms with Crippen molar-refractivity contribution in [2.45, 2.75) is 20.0 Å². The number of nitrogens with zero attached hydrogens (tertiary/aromatic N) is 1. The molecule has 0 radical (unpaired) electrons. The Morgan fingerprint density at radius 2 is 2.04 bits per heavy atom. The molecule has 1 aromatic carbocycles. The van der Waals surface area contributed by atoms with Gasteiger partial charge in [-0.05, 0) is 32.1 Å². The predicted molar refractivity (Wildman–Crippen MR) is 81.3 cm³/mol. The third kappa shape index (κ3) is 3.17. The first-order valence-electron chi connectivity index (χ1n) is 6.41. The third-order valence-corrected chi connectivity index (χ3v) is 3.84. The van der Waals surface area contributed by atoms with E-state index in [1.165, 1.54) is 31.3 Å². The van der Waals surface area contributed by atoms with E-state index in [0.717, 1.165) is 4.57 Å². The Morgan fingerprint density at radius 3 is 2.57 bits per heavy atom. The minimum absolute atomic E-state index is 0.0855. The van der Waals surface area contributed by atoms with Crippen LogP contribution in [0.4, 0.5) is 18.0 Å². The van der Waals surface area contributed by atoms with Crippen LogP contribution >= 0.6 is 15.9 Å². The number of ether oxygens (including phenoxy) is 1. The molecule has 0 fully saturated rings. The summed E-state index contributed by atoms with van der Waals surface area (Å²) >= 11 is 2.83. The Hall–Kier alpha value is -2.09. The van der Waals surface area contributed by atoms with E-state index in [4.69, 9.17) is 4.74 Å². The zero-order chi connectivity index (χ0) is 17.4. The smallest absolute Gasteiger partial charge is 0.415 e. The summed E-state index contributed by atoms with van der Waals surface area (Å²) in [5.74, 6) is 0.289. The highest BCUT2D eigenvalue weighted by atomic mass is 79.9. The summed E-state index contributed by atoms with van der Waals surface area (Å²) in [7, 11) is 0. The van der Waals surface area contributed by atoms with Gasteiger partial charge in [0.1, 0.15) is 5.76 Å². The van der Waals surface area contributed by atoms with Crippen molar-refractivity contribution < 1.29 is 27.5 Å². The maximum atomic E-state index is 13.2. The number of aromatic nitrogens is 1. The van der Waals surface area contributed by atoms with Gasteiger partial charge in [0.15, 0.2) is 6.29 Å². The van der Waals surface area contributed by atoms with E-state index in [9.17, 15) is 22.8 Å². The number of alkyl halides is 3. The fourth-order valence-electron chi connectivity index (χ4n) is 2.11. The van der Waals surface area contributed by atoms with Crippen LogP contribution in [0.3, 0.4) is 0 Å². The standard InChI is InChI=1S/C15H11BrF3NO3/c1-3-8(2)23-14(22)20-5-4-9-6-11(16)12(15(17,18)19)10(7-21)13(9)20/h3-7H,1-2H3/b8-3+. The first-order chi connectivity index (χ1) is 10.7. The summed E-state index contributed by atoms with van der Waals surface area (Å²) in [6.45, 7) is 3.17. The number of aldehydes is 1. The van der Waals surface area contributed by atoms with Gasteiger partial charge in [0, 0.05) is 16.1 Å². The van der Waals surface area contributed by atoms with Gasteiger partial charge in [0.2, 0.25) is 0 Å². The zero-order valence-corrected chi connectivity index (χ0v) is 13.7. The van der Waals surface area contributed by atoms with Crippen LogP contribution < -0.4 is 0 Å². The molecule has 2 aromatic rings. The maximum Gasteiger partial charge on any atom is 0.423 e. The normalized spacial score (nSPS) is 12.5. The van der Waals surface area contributed by atoms with E-state index in [1.807, 2.05) is 0 Å². The van der Waals surface area contributed by atoms with E-state index < -0.39 is 23.4 Å². The molecule has 0 spiro atoms. The number of rotatable bonds is 2. The topological polar surface area (TPSA) is 48.3 Å². The van der Waals surface area contributed by atoms with Crippen LogP contribution in [-0.2, 0) is 10.9 Å². The monoisotopic (exact) mass is 389 g/mol. The highest BCUT2D eigenvalue weighted by Crippen LogP contribution is 2.40. The van der Waals surface area contributed by atoms with E-state index in [1.54, 1.807) is 6.92 Å². The van der Waals surface area contributed by atoms with Crippen LogP contribution in [0.2, 0.25) is 0 Å². The van der Waals surface area contributed by atoms with E-state index in [-0.39, 0.29) is 22.0 Å². The highest BCUT2D eigenvalue weighted by molar-refractivity contribution is 9.10. The van der Waals surface area contributed by atoms with Crippen LogP contribution in [0.15, 0.2) is 34.6 Å². The fourth-order valence-corrected chi connectivity index (χ4v) is 2.79. The minimum atomic E-state index is -4.75. The van der Waals surface area contributed by atoms with Crippen molar-refractivity contribution in [1.82, 2.24) is 4.57 Å². The fraction of sp³-hybridized carbons (Fsp3) is 0.200. The molecule has 0 aliphatic rings. The Bertz CT molecular complexity index is 821. The molecule has 0 saturated heterocycles. The first-order valence-corrected chi connectivity index (χ1v) is 7.21. The molecule has 0 N–H and O–H groups in total. The Labute approximate surface area is 137 Å². The van der Waals surface area contributed by atoms with Crippen molar-refractivity contribution in [3.8, 4) is 0 Å². The van der Waals surface area contributed by atoms with E-state index >= 15 is 0 Å². The zero-order valence-electron chi connectivity index (χ0n) is 12.1. The van der Waals surface area contributed by atoms with Crippen LogP contribution in [0.1, 0.15) is 29.8 Å². The number of halogens is 4. The second-order valence-electron chi connectivity index (χ2n) is 4.65. The molecule has 1 heterocycles. The Morgan fingerprint density at radius 1 is 1.39 bits per heavy atom. The first kappa shape index (κ1) is 17.3. The number of allylic oxidation sites excluding steroid dienone is 2. The van der Waals surface area contributed by atoms with Crippen molar-refractivity contribution in [3.05, 3.63) is 45.8 Å². The third-order valence-electron chi connectivity index (χ3n) is 3.22. The van der Waals surface area contributed by atoms with Gasteiger partial charge in [-0.25, -0.2) is 4.79 Å². The van der Waals surface area contributed by atoms with Crippen LogP contribution in [0, 0.1) is 0 Å². The molecule has 0 atom stereocenters. The van der Waals surface area contributed by atoms with Crippen molar-refractivity contribution in [1.29, 1.82) is 0 Å². The van der Waals surface area contributed by atoms with Gasteiger partial charge in [-0.1, -0.05) is 15.9 Å². The number of carbonyl (C=O) groups excluding carboxylic acids is 2. The predicted octanol–water partition coefficient (Wildman–Crippen LogP) is 5.14. The van der Waals surface area contributed by atoms with Gasteiger partial charge in [0.25, 0.3) is 0 Å². The molecule has 2 rings (SSSR count). The van der Waals surface area contributed by atoms with Gasteiger partial charge >= 0.3 is 12.3 Å². The van der Waals surface area contributed by atoms with Crippen molar-refractivity contribution in [2.75, 3.05) is 0 Å². The van der Waals surface area contributed by atoms with Gasteiger partial charge in [-0.2, -0.15) is 13.2 Å². The summed E-state index contributed by atoms with van der Waals surface area (Å²) in [6.07, 6.45) is -2.77. The number of carbonyl (C=O) groups is 2. The summed E-state index contributed by atoms with van der Waals surface area (Å²) in [5, 5.41) is 0.307. The summed E-state index contributed by atoms with van der Waals surface area (Å²) < 4.78 is 45.2. The van der Waals surface area contributed by atoms with Gasteiger partial charge in [0.05, 0.1) is 16.6 Å². The molecular formula is C15H11BrF3NO3. The van der Waals surface area contributed by atoms with Crippen LogP contribution in [0.25, 0.3) is 10.9 Å². The lowest BCUT2D eigenvalue weighted by Crippen LogP contribution is -2.15. The SMILES string of the molecule is C/C=C(\C)OC(=O)n1ccc2cc(Br)c(C(F)(F)F)c(C=O)c21. The highest BCUT2D eigenvalue weighted by Gasteiger charge is 2.37. The van der Waals surface area contributed by atoms with Gasteiger partial charge in [-0.15, -0.1) is 0 Å². The molecule has 0 unspecified atom stereocenters. The second kappa shape index (κ2) is 6.19. The van der Waals surface area contributed by atoms with Crippen molar-refractivity contribution in [2.24, 2.45) is 0 Å². The van der Waals surface area contributed by atoms with Crippen LogP contribution in [-0.4, -0.2) is 16.9 Å². The molecule has 0 aliphatic carbocycles. The molecule has 0 bridgehead atoms. The molecule has 8 heteroatoms. The summed E-state index contributed by atoms with van der Waals surface area (Å²) in [6, 6.07) is 2.64. The van der Waals surface area contributed by atoms with Gasteiger partial charge in [-0.3, -0.25) is 9.36 Å². The summed E-state index contributed by atoms with van der Waals surface area (Å²) in [4.78, 5) is 23.4. The maximum absolute atomic E-state index is 13.2. The lowest BCUT2D eigenvalue weighted by Gasteiger charge is -2.14. The van der Waals surface area contributed by atoms with Crippen molar-refractivity contribution in [3.63, 3.8) is 0 Å². The van der Waals surface area contributed by atoms with Crippen molar-refractivity contribution >= 4 is 39.2 Å². The Balaban J connectivity index is 2.76. The molecule has 0 saturated carbocycles. The quantitative estimate of drug-likeness (QED) is 0.527. The Kier molecular flexibility index (Phi) is 4.65. The average molecular weight is 390 g/mol. The average Bonchev–Trinajstić information content (AvgIpc) is 2.87. The largest absolute Gasteiger partial charge is 0.423 e. The second-order valence-corrected chi connectivity index (χ2v) is 5.51.